The van der Waals surface area contributed by atoms with E-state index in [1.807, 2.05) is 0 Å². The number of hydrogen-bond donors (Lipinski definition) is 2. The van der Waals surface area contributed by atoms with Crippen LogP contribution in [0.25, 0.3) is 0 Å². The highest BCUT2D eigenvalue weighted by molar-refractivity contribution is 7.91. The summed E-state index contributed by atoms with van der Waals surface area (Å²) in [5, 5.41) is 11.4. The van der Waals surface area contributed by atoms with Gasteiger partial charge in [-0.05, 0) is 6.42 Å². The minimum absolute atomic E-state index is 0.0497. The molecule has 7 nitrogen and oxygen atoms in total. The maximum Gasteiger partial charge on any atom is 0.226 e. The van der Waals surface area contributed by atoms with Gasteiger partial charge in [0.15, 0.2) is 9.84 Å². The molecule has 1 heterocycles. The number of carbonyl (C=O) groups excluding carboxylic acids is 1. The lowest BCUT2D eigenvalue weighted by Crippen LogP contribution is -2.39. The van der Waals surface area contributed by atoms with Crippen molar-refractivity contribution in [2.24, 2.45) is 22.7 Å². The van der Waals surface area contributed by atoms with Crippen molar-refractivity contribution < 1.29 is 18.4 Å². The predicted molar refractivity (Wildman–Crippen MR) is 67.0 cm³/mol. The molecule has 0 bridgehead atoms. The van der Waals surface area contributed by atoms with Crippen LogP contribution in [0.4, 0.5) is 0 Å². The van der Waals surface area contributed by atoms with Crippen LogP contribution in [-0.4, -0.2) is 55.4 Å². The number of nitrogens with zero attached hydrogens (tertiary/aromatic N) is 2. The van der Waals surface area contributed by atoms with E-state index >= 15 is 0 Å². The summed E-state index contributed by atoms with van der Waals surface area (Å²) in [6, 6.07) is 0. The van der Waals surface area contributed by atoms with E-state index < -0.39 is 15.8 Å². The maximum absolute atomic E-state index is 12.0. The first-order valence-corrected chi connectivity index (χ1v) is 7.51. The number of hydrogen-bond acceptors (Lipinski definition) is 5. The van der Waals surface area contributed by atoms with Gasteiger partial charge in [0.05, 0.1) is 17.4 Å². The third kappa shape index (κ3) is 3.59. The third-order valence-electron chi connectivity index (χ3n) is 3.13. The molecule has 1 aliphatic rings. The van der Waals surface area contributed by atoms with Crippen LogP contribution in [-0.2, 0) is 14.6 Å². The zero-order valence-electron chi connectivity index (χ0n) is 10.5. The SMILES string of the molecule is CC(CN(C)C(=O)C1CCS(=O)(=O)C1)C(N)=NO. The summed E-state index contributed by atoms with van der Waals surface area (Å²) in [6.07, 6.45) is 0.378. The van der Waals surface area contributed by atoms with Crippen LogP contribution >= 0.6 is 0 Å². The Morgan fingerprint density at radius 2 is 2.22 bits per heavy atom. The van der Waals surface area contributed by atoms with Crippen molar-refractivity contribution in [2.75, 3.05) is 25.1 Å². The molecule has 0 aliphatic carbocycles. The smallest absolute Gasteiger partial charge is 0.226 e. The molecule has 0 saturated carbocycles. The van der Waals surface area contributed by atoms with E-state index in [2.05, 4.69) is 5.16 Å². The Kier molecular flexibility index (Phi) is 4.55. The van der Waals surface area contributed by atoms with Gasteiger partial charge in [-0.1, -0.05) is 12.1 Å². The van der Waals surface area contributed by atoms with Crippen LogP contribution in [0.5, 0.6) is 0 Å². The van der Waals surface area contributed by atoms with Gasteiger partial charge < -0.3 is 15.8 Å². The molecule has 1 rings (SSSR count). The largest absolute Gasteiger partial charge is 0.409 e. The summed E-state index contributed by atoms with van der Waals surface area (Å²) in [7, 11) is -1.47. The molecule has 8 heteroatoms. The fraction of sp³-hybridized carbons (Fsp3) is 0.800. The molecule has 1 aliphatic heterocycles. The van der Waals surface area contributed by atoms with Gasteiger partial charge in [0.25, 0.3) is 0 Å². The van der Waals surface area contributed by atoms with Gasteiger partial charge in [0.2, 0.25) is 5.91 Å². The Hall–Kier alpha value is -1.31. The van der Waals surface area contributed by atoms with E-state index in [0.717, 1.165) is 0 Å². The van der Waals surface area contributed by atoms with Gasteiger partial charge in [-0.15, -0.1) is 0 Å². The Morgan fingerprint density at radius 1 is 1.61 bits per heavy atom. The minimum atomic E-state index is -3.06. The van der Waals surface area contributed by atoms with Gasteiger partial charge in [-0.3, -0.25) is 4.79 Å². The zero-order valence-corrected chi connectivity index (χ0v) is 11.4. The average Bonchev–Trinajstić information content (AvgIpc) is 2.67. The summed E-state index contributed by atoms with van der Waals surface area (Å²) in [5.41, 5.74) is 5.43. The van der Waals surface area contributed by atoms with Crippen molar-refractivity contribution in [3.05, 3.63) is 0 Å². The lowest BCUT2D eigenvalue weighted by molar-refractivity contribution is -0.133. The lowest BCUT2D eigenvalue weighted by Gasteiger charge is -2.23. The summed E-state index contributed by atoms with van der Waals surface area (Å²) in [5.74, 6) is -0.884. The lowest BCUT2D eigenvalue weighted by atomic mass is 10.1. The maximum atomic E-state index is 12.0. The van der Waals surface area contributed by atoms with Crippen molar-refractivity contribution in [1.29, 1.82) is 0 Å². The molecule has 1 saturated heterocycles. The molecule has 104 valence electrons. The quantitative estimate of drug-likeness (QED) is 0.304. The molecule has 0 aromatic carbocycles. The molecule has 1 amide bonds. The Morgan fingerprint density at radius 3 is 2.67 bits per heavy atom. The van der Waals surface area contributed by atoms with E-state index in [1.54, 1.807) is 14.0 Å². The van der Waals surface area contributed by atoms with Crippen molar-refractivity contribution in [3.63, 3.8) is 0 Å². The van der Waals surface area contributed by atoms with E-state index in [4.69, 9.17) is 10.9 Å². The minimum Gasteiger partial charge on any atom is -0.409 e. The van der Waals surface area contributed by atoms with Gasteiger partial charge in [-0.2, -0.15) is 0 Å². The van der Waals surface area contributed by atoms with Crippen molar-refractivity contribution in [2.45, 2.75) is 13.3 Å². The molecular formula is C10H19N3O4S. The van der Waals surface area contributed by atoms with E-state index in [1.165, 1.54) is 4.90 Å². The third-order valence-corrected chi connectivity index (χ3v) is 4.89. The van der Waals surface area contributed by atoms with Gasteiger partial charge in [0, 0.05) is 19.5 Å². The summed E-state index contributed by atoms with van der Waals surface area (Å²) in [6.45, 7) is 2.02. The highest BCUT2D eigenvalue weighted by Gasteiger charge is 2.34. The van der Waals surface area contributed by atoms with Crippen molar-refractivity contribution >= 4 is 21.6 Å². The Bertz CT molecular complexity index is 446. The predicted octanol–water partition coefficient (Wildman–Crippen LogP) is -0.738. The monoisotopic (exact) mass is 277 g/mol. The highest BCUT2D eigenvalue weighted by atomic mass is 32.2. The molecule has 2 atom stereocenters. The highest BCUT2D eigenvalue weighted by Crippen LogP contribution is 2.20. The van der Waals surface area contributed by atoms with Crippen LogP contribution in [0, 0.1) is 11.8 Å². The summed E-state index contributed by atoms with van der Waals surface area (Å²) < 4.78 is 22.6. The standard InChI is InChI=1S/C10H19N3O4S/c1-7(9(11)12-15)5-13(2)10(14)8-3-4-18(16,17)6-8/h7-8,15H,3-6H2,1-2H3,(H2,11,12). The van der Waals surface area contributed by atoms with Gasteiger partial charge in [0.1, 0.15) is 5.84 Å². The van der Waals surface area contributed by atoms with Crippen molar-refractivity contribution in [3.8, 4) is 0 Å². The molecule has 3 N–H and O–H groups in total. The molecule has 0 radical (unpaired) electrons. The van der Waals surface area contributed by atoms with Crippen LogP contribution in [0.1, 0.15) is 13.3 Å². The molecule has 2 unspecified atom stereocenters. The Labute approximate surface area is 107 Å². The fourth-order valence-electron chi connectivity index (χ4n) is 1.99. The fourth-order valence-corrected chi connectivity index (χ4v) is 3.73. The van der Waals surface area contributed by atoms with Crippen LogP contribution in [0.2, 0.25) is 0 Å². The molecule has 1 fully saturated rings. The molecular weight excluding hydrogens is 258 g/mol. The first-order valence-electron chi connectivity index (χ1n) is 5.69. The second-order valence-corrected chi connectivity index (χ2v) is 6.97. The second-order valence-electron chi connectivity index (χ2n) is 4.74. The van der Waals surface area contributed by atoms with Crippen LogP contribution in [0.3, 0.4) is 0 Å². The van der Waals surface area contributed by atoms with E-state index in [0.29, 0.717) is 13.0 Å². The van der Waals surface area contributed by atoms with E-state index in [9.17, 15) is 13.2 Å². The number of rotatable bonds is 4. The first kappa shape index (κ1) is 14.7. The number of amides is 1. The Balaban J connectivity index is 2.58. The van der Waals surface area contributed by atoms with Gasteiger partial charge in [-0.25, -0.2) is 8.42 Å². The zero-order chi connectivity index (χ0) is 13.9. The number of oxime groups is 1. The summed E-state index contributed by atoms with van der Waals surface area (Å²) >= 11 is 0. The number of carbonyl (C=O) groups is 1. The van der Waals surface area contributed by atoms with Crippen LogP contribution < -0.4 is 5.73 Å². The molecule has 0 spiro atoms. The molecule has 0 aromatic rings. The number of nitrogens with two attached hydrogens (primary N) is 1. The average molecular weight is 277 g/mol. The number of sulfone groups is 1. The van der Waals surface area contributed by atoms with Crippen LogP contribution in [0.15, 0.2) is 5.16 Å². The molecule has 18 heavy (non-hydrogen) atoms. The van der Waals surface area contributed by atoms with Crippen molar-refractivity contribution in [1.82, 2.24) is 4.90 Å². The van der Waals surface area contributed by atoms with Gasteiger partial charge >= 0.3 is 0 Å². The number of amidine groups is 1. The normalized spacial score (nSPS) is 24.8. The van der Waals surface area contributed by atoms with E-state index in [-0.39, 0.29) is 29.2 Å². The first-order chi connectivity index (χ1) is 8.26. The second kappa shape index (κ2) is 5.55. The summed E-state index contributed by atoms with van der Waals surface area (Å²) in [4.78, 5) is 13.4. The topological polar surface area (TPSA) is 113 Å². The molecule has 0 aromatic heterocycles.